The first-order valence-corrected chi connectivity index (χ1v) is 7.80. The Morgan fingerprint density at radius 1 is 1.43 bits per heavy atom. The molecule has 1 aromatic carbocycles. The topological polar surface area (TPSA) is 64.3 Å². The minimum absolute atomic E-state index is 0.00553. The summed E-state index contributed by atoms with van der Waals surface area (Å²) < 4.78 is 5.74. The molecule has 0 bridgehead atoms. The van der Waals surface area contributed by atoms with Crippen molar-refractivity contribution in [3.63, 3.8) is 0 Å². The van der Waals surface area contributed by atoms with Gasteiger partial charge in [-0.3, -0.25) is 4.79 Å². The van der Waals surface area contributed by atoms with Crippen molar-refractivity contribution >= 4 is 29.1 Å². The van der Waals surface area contributed by atoms with Crippen LogP contribution in [0, 0.1) is 0 Å². The van der Waals surface area contributed by atoms with Gasteiger partial charge in [0.15, 0.2) is 0 Å². The largest absolute Gasteiger partial charge is 0.492 e. The minimum Gasteiger partial charge on any atom is -0.492 e. The van der Waals surface area contributed by atoms with Gasteiger partial charge in [0.05, 0.1) is 11.6 Å². The number of halogens is 2. The maximum absolute atomic E-state index is 11.2. The van der Waals surface area contributed by atoms with Gasteiger partial charge in [0.2, 0.25) is 5.91 Å². The fourth-order valence-electron chi connectivity index (χ4n) is 1.89. The van der Waals surface area contributed by atoms with Crippen LogP contribution >= 0.6 is 23.2 Å². The summed E-state index contributed by atoms with van der Waals surface area (Å²) in [5.74, 6) is 0.607. The van der Waals surface area contributed by atoms with E-state index in [1.807, 2.05) is 13.0 Å². The third-order valence-corrected chi connectivity index (χ3v) is 3.66. The molecule has 0 heterocycles. The number of nitrogens with one attached hydrogen (secondary N) is 1. The lowest BCUT2D eigenvalue weighted by atomic mass is 10.0. The monoisotopic (exact) mass is 332 g/mol. The number of hydrogen-bond acceptors (Lipinski definition) is 3. The van der Waals surface area contributed by atoms with E-state index in [1.54, 1.807) is 13.1 Å². The molecule has 6 heteroatoms. The molecule has 1 aromatic rings. The summed E-state index contributed by atoms with van der Waals surface area (Å²) in [6.07, 6.45) is 2.56. The maximum atomic E-state index is 11.2. The van der Waals surface area contributed by atoms with Gasteiger partial charge in [-0.1, -0.05) is 30.1 Å². The predicted octanol–water partition coefficient (Wildman–Crippen LogP) is 3.18. The number of hydrogen-bond donors (Lipinski definition) is 2. The second-order valence-electron chi connectivity index (χ2n) is 4.87. The van der Waals surface area contributed by atoms with Gasteiger partial charge in [0.25, 0.3) is 0 Å². The summed E-state index contributed by atoms with van der Waals surface area (Å²) in [5.41, 5.74) is 6.90. The lowest BCUT2D eigenvalue weighted by Gasteiger charge is -2.16. The average molecular weight is 333 g/mol. The first-order chi connectivity index (χ1) is 9.97. The smallest absolute Gasteiger partial charge is 0.219 e. The van der Waals surface area contributed by atoms with Crippen LogP contribution in [0.15, 0.2) is 12.1 Å². The second-order valence-corrected chi connectivity index (χ2v) is 5.72. The van der Waals surface area contributed by atoms with Crippen molar-refractivity contribution in [2.75, 3.05) is 13.7 Å². The average Bonchev–Trinajstić information content (AvgIpc) is 2.44. The number of rotatable bonds is 8. The van der Waals surface area contributed by atoms with Crippen molar-refractivity contribution in [2.24, 2.45) is 5.73 Å². The van der Waals surface area contributed by atoms with Crippen LogP contribution < -0.4 is 15.8 Å². The van der Waals surface area contributed by atoms with E-state index < -0.39 is 0 Å². The highest BCUT2D eigenvalue weighted by molar-refractivity contribution is 6.35. The van der Waals surface area contributed by atoms with Gasteiger partial charge in [0, 0.05) is 24.5 Å². The number of carbonyl (C=O) groups is 1. The molecule has 1 amide bonds. The SMILES string of the molecule is CCC(N)Cc1cc(Cl)cc(Cl)c1OCCCC(=O)NC. The van der Waals surface area contributed by atoms with E-state index in [4.69, 9.17) is 33.7 Å². The van der Waals surface area contributed by atoms with Gasteiger partial charge in [-0.15, -0.1) is 0 Å². The molecule has 118 valence electrons. The minimum atomic E-state index is -0.00553. The van der Waals surface area contributed by atoms with E-state index in [2.05, 4.69) is 5.32 Å². The summed E-state index contributed by atoms with van der Waals surface area (Å²) in [5, 5.41) is 3.61. The Morgan fingerprint density at radius 3 is 2.76 bits per heavy atom. The Balaban J connectivity index is 2.72. The van der Waals surface area contributed by atoms with Crippen LogP contribution in [0.5, 0.6) is 5.75 Å². The zero-order valence-corrected chi connectivity index (χ0v) is 13.9. The molecule has 0 aliphatic rings. The summed E-state index contributed by atoms with van der Waals surface area (Å²) in [6, 6.07) is 3.52. The van der Waals surface area contributed by atoms with Crippen molar-refractivity contribution in [2.45, 2.75) is 38.6 Å². The highest BCUT2D eigenvalue weighted by Gasteiger charge is 2.13. The zero-order valence-electron chi connectivity index (χ0n) is 12.4. The molecule has 0 fully saturated rings. The molecule has 0 aliphatic carbocycles. The van der Waals surface area contributed by atoms with Crippen molar-refractivity contribution in [1.29, 1.82) is 0 Å². The molecule has 1 rings (SSSR count). The first kappa shape index (κ1) is 18.1. The third kappa shape index (κ3) is 6.12. The van der Waals surface area contributed by atoms with Crippen molar-refractivity contribution in [1.82, 2.24) is 5.32 Å². The van der Waals surface area contributed by atoms with Crippen LogP contribution in [0.3, 0.4) is 0 Å². The summed E-state index contributed by atoms with van der Waals surface area (Å²) in [7, 11) is 1.61. The van der Waals surface area contributed by atoms with Crippen LogP contribution in [0.4, 0.5) is 0 Å². The molecule has 0 spiro atoms. The molecular formula is C15H22Cl2N2O2. The highest BCUT2D eigenvalue weighted by Crippen LogP contribution is 2.33. The third-order valence-electron chi connectivity index (χ3n) is 3.17. The van der Waals surface area contributed by atoms with Crippen LogP contribution in [0.1, 0.15) is 31.7 Å². The van der Waals surface area contributed by atoms with Crippen LogP contribution in [0.25, 0.3) is 0 Å². The summed E-state index contributed by atoms with van der Waals surface area (Å²) >= 11 is 12.2. The van der Waals surface area contributed by atoms with Gasteiger partial charge in [-0.05, 0) is 37.0 Å². The molecule has 0 saturated carbocycles. The number of ether oxygens (including phenoxy) is 1. The zero-order chi connectivity index (χ0) is 15.8. The number of amides is 1. The molecule has 0 aromatic heterocycles. The summed E-state index contributed by atoms with van der Waals surface area (Å²) in [6.45, 7) is 2.45. The van der Waals surface area contributed by atoms with Crippen molar-refractivity contribution in [3.8, 4) is 5.75 Å². The fraction of sp³-hybridized carbons (Fsp3) is 0.533. The quantitative estimate of drug-likeness (QED) is 0.718. The van der Waals surface area contributed by atoms with Crippen molar-refractivity contribution < 1.29 is 9.53 Å². The molecular weight excluding hydrogens is 311 g/mol. The van der Waals surface area contributed by atoms with Crippen LogP contribution in [-0.4, -0.2) is 25.6 Å². The molecule has 1 unspecified atom stereocenters. The fourth-order valence-corrected chi connectivity index (χ4v) is 2.48. The molecule has 3 N–H and O–H groups in total. The Bertz CT molecular complexity index is 481. The Morgan fingerprint density at radius 2 is 2.14 bits per heavy atom. The maximum Gasteiger partial charge on any atom is 0.219 e. The van der Waals surface area contributed by atoms with E-state index in [0.29, 0.717) is 41.7 Å². The lowest BCUT2D eigenvalue weighted by molar-refractivity contribution is -0.120. The molecule has 0 saturated heterocycles. The van der Waals surface area contributed by atoms with E-state index in [0.717, 1.165) is 12.0 Å². The Hall–Kier alpha value is -0.970. The lowest BCUT2D eigenvalue weighted by Crippen LogP contribution is -2.22. The van der Waals surface area contributed by atoms with E-state index in [1.165, 1.54) is 0 Å². The van der Waals surface area contributed by atoms with Crippen LogP contribution in [0.2, 0.25) is 10.0 Å². The Labute approximate surface area is 135 Å². The second kappa shape index (κ2) is 9.13. The number of nitrogens with two attached hydrogens (primary N) is 1. The summed E-state index contributed by atoms with van der Waals surface area (Å²) in [4.78, 5) is 11.2. The van der Waals surface area contributed by atoms with Crippen LogP contribution in [-0.2, 0) is 11.2 Å². The van der Waals surface area contributed by atoms with Gasteiger partial charge in [-0.25, -0.2) is 0 Å². The van der Waals surface area contributed by atoms with Crippen molar-refractivity contribution in [3.05, 3.63) is 27.7 Å². The Kier molecular flexibility index (Phi) is 7.86. The van der Waals surface area contributed by atoms with Gasteiger partial charge in [0.1, 0.15) is 5.75 Å². The molecule has 0 radical (unpaired) electrons. The number of benzene rings is 1. The van der Waals surface area contributed by atoms with E-state index >= 15 is 0 Å². The van der Waals surface area contributed by atoms with E-state index in [9.17, 15) is 4.79 Å². The number of carbonyl (C=O) groups excluding carboxylic acids is 1. The van der Waals surface area contributed by atoms with Gasteiger partial charge in [-0.2, -0.15) is 0 Å². The standard InChI is InChI=1S/C15H22Cl2N2O2/c1-3-12(18)8-10-7-11(16)9-13(17)15(10)21-6-4-5-14(20)19-2/h7,9,12H,3-6,8,18H2,1-2H3,(H,19,20). The molecule has 0 aliphatic heterocycles. The molecule has 1 atom stereocenters. The highest BCUT2D eigenvalue weighted by atomic mass is 35.5. The van der Waals surface area contributed by atoms with E-state index in [-0.39, 0.29) is 11.9 Å². The molecule has 4 nitrogen and oxygen atoms in total. The molecule has 21 heavy (non-hydrogen) atoms. The van der Waals surface area contributed by atoms with Gasteiger partial charge >= 0.3 is 0 Å². The predicted molar refractivity (Wildman–Crippen MR) is 87.2 cm³/mol. The normalized spacial score (nSPS) is 12.0. The van der Waals surface area contributed by atoms with Gasteiger partial charge < -0.3 is 15.8 Å². The first-order valence-electron chi connectivity index (χ1n) is 7.04.